The number of carbonyl (C=O) groups excluding carboxylic acids is 2. The van der Waals surface area contributed by atoms with Crippen LogP contribution in [0, 0.1) is 0 Å². The minimum Gasteiger partial charge on any atom is -0.393 e. The van der Waals surface area contributed by atoms with Crippen molar-refractivity contribution in [2.75, 3.05) is 52.4 Å². The second-order valence-corrected chi connectivity index (χ2v) is 4.17. The third-order valence-corrected chi connectivity index (χ3v) is 2.36. The molecule has 1 rings (SSSR count). The van der Waals surface area contributed by atoms with E-state index >= 15 is 0 Å². The van der Waals surface area contributed by atoms with Gasteiger partial charge in [-0.25, -0.2) is 0 Å². The van der Waals surface area contributed by atoms with E-state index in [0.29, 0.717) is 13.1 Å². The number of carbonyl (C=O) groups is 2. The molecule has 20 heavy (non-hydrogen) atoms. The molecule has 0 aliphatic carbocycles. The van der Waals surface area contributed by atoms with Crippen molar-refractivity contribution in [1.29, 1.82) is 0 Å². The Labute approximate surface area is 120 Å². The summed E-state index contributed by atoms with van der Waals surface area (Å²) < 4.78 is 4.08. The van der Waals surface area contributed by atoms with E-state index in [-0.39, 0.29) is 12.8 Å². The van der Waals surface area contributed by atoms with Gasteiger partial charge >= 0.3 is 11.9 Å². The van der Waals surface area contributed by atoms with Crippen LogP contribution in [-0.2, 0) is 14.3 Å². The maximum Gasteiger partial charge on any atom is 0.314 e. The Morgan fingerprint density at radius 2 is 1.10 bits per heavy atom. The summed E-state index contributed by atoms with van der Waals surface area (Å²) in [6, 6.07) is 0. The van der Waals surface area contributed by atoms with E-state index in [0.717, 1.165) is 39.3 Å². The first-order valence-electron chi connectivity index (χ1n) is 6.96. The summed E-state index contributed by atoms with van der Waals surface area (Å²) in [5.41, 5.74) is 10.6. The van der Waals surface area contributed by atoms with Crippen LogP contribution in [0.15, 0.2) is 0 Å². The molecule has 1 aliphatic heterocycles. The van der Waals surface area contributed by atoms with Crippen molar-refractivity contribution >= 4 is 11.9 Å². The van der Waals surface area contributed by atoms with E-state index in [1.807, 2.05) is 0 Å². The summed E-state index contributed by atoms with van der Waals surface area (Å²) in [5.74, 6) is -0.796. The highest BCUT2D eigenvalue weighted by atomic mass is 16.6. The van der Waals surface area contributed by atoms with Gasteiger partial charge in [0.15, 0.2) is 0 Å². The standard InChI is InChI=1S/C8H23N5.C4H4O3/c9-1-3-11-5-7-13-8-6-12-4-2-10;5-3-1-2-4(6)7-3/h11-13H,1-10H2;1-2H2. The van der Waals surface area contributed by atoms with Gasteiger partial charge in [-0.1, -0.05) is 0 Å². The molecule has 0 spiro atoms. The van der Waals surface area contributed by atoms with E-state index in [4.69, 9.17) is 11.5 Å². The normalized spacial score (nSPS) is 13.9. The maximum absolute atomic E-state index is 10.0. The summed E-state index contributed by atoms with van der Waals surface area (Å²) in [4.78, 5) is 20.0. The molecular weight excluding hydrogens is 262 g/mol. The van der Waals surface area contributed by atoms with Gasteiger partial charge in [-0.2, -0.15) is 0 Å². The third kappa shape index (κ3) is 13.4. The van der Waals surface area contributed by atoms with Crippen molar-refractivity contribution in [1.82, 2.24) is 16.0 Å². The Morgan fingerprint density at radius 3 is 1.35 bits per heavy atom. The van der Waals surface area contributed by atoms with Crippen LogP contribution in [0.2, 0.25) is 0 Å². The van der Waals surface area contributed by atoms with Crippen LogP contribution in [-0.4, -0.2) is 64.3 Å². The van der Waals surface area contributed by atoms with Gasteiger partial charge in [0.05, 0.1) is 12.8 Å². The quantitative estimate of drug-likeness (QED) is 0.170. The number of nitrogens with one attached hydrogen (secondary N) is 3. The number of hydrogen-bond donors (Lipinski definition) is 5. The number of ether oxygens (including phenoxy) is 1. The Kier molecular flexibility index (Phi) is 13.6. The second-order valence-electron chi connectivity index (χ2n) is 4.17. The summed E-state index contributed by atoms with van der Waals surface area (Å²) in [6.07, 6.45) is 0.525. The van der Waals surface area contributed by atoms with Crippen molar-refractivity contribution in [2.45, 2.75) is 12.8 Å². The van der Waals surface area contributed by atoms with Crippen molar-refractivity contribution < 1.29 is 14.3 Å². The van der Waals surface area contributed by atoms with Crippen LogP contribution in [0.3, 0.4) is 0 Å². The van der Waals surface area contributed by atoms with Gasteiger partial charge in [-0.15, -0.1) is 0 Å². The summed E-state index contributed by atoms with van der Waals surface area (Å²) in [6.45, 7) is 7.15. The fourth-order valence-corrected chi connectivity index (χ4v) is 1.37. The Balaban J connectivity index is 0.000000428. The van der Waals surface area contributed by atoms with Crippen molar-refractivity contribution in [3.63, 3.8) is 0 Å². The Bertz CT molecular complexity index is 239. The van der Waals surface area contributed by atoms with E-state index in [1.165, 1.54) is 0 Å². The van der Waals surface area contributed by atoms with Crippen LogP contribution in [0.5, 0.6) is 0 Å². The molecule has 0 aromatic rings. The molecular formula is C12H27N5O3. The lowest BCUT2D eigenvalue weighted by atomic mass is 10.4. The van der Waals surface area contributed by atoms with Gasteiger partial charge in [-0.3, -0.25) is 9.59 Å². The Hall–Kier alpha value is -1.06. The largest absolute Gasteiger partial charge is 0.393 e. The first-order valence-corrected chi connectivity index (χ1v) is 6.96. The molecule has 0 bridgehead atoms. The fraction of sp³-hybridized carbons (Fsp3) is 0.833. The molecule has 8 heteroatoms. The average Bonchev–Trinajstić information content (AvgIpc) is 2.81. The predicted molar refractivity (Wildman–Crippen MR) is 77.1 cm³/mol. The molecule has 0 unspecified atom stereocenters. The summed E-state index contributed by atoms with van der Waals surface area (Å²) >= 11 is 0. The molecule has 0 saturated carbocycles. The molecule has 1 heterocycles. The number of nitrogens with two attached hydrogens (primary N) is 2. The molecule has 1 saturated heterocycles. The van der Waals surface area contributed by atoms with Gasteiger partial charge in [0.25, 0.3) is 0 Å². The van der Waals surface area contributed by atoms with Crippen molar-refractivity contribution in [2.24, 2.45) is 11.5 Å². The van der Waals surface area contributed by atoms with E-state index in [9.17, 15) is 9.59 Å². The predicted octanol–water partition coefficient (Wildman–Crippen LogP) is -2.48. The molecule has 7 N–H and O–H groups in total. The highest BCUT2D eigenvalue weighted by molar-refractivity contribution is 5.92. The number of rotatable bonds is 10. The summed E-state index contributed by atoms with van der Waals surface area (Å²) in [5, 5.41) is 9.71. The van der Waals surface area contributed by atoms with Crippen LogP contribution in [0.4, 0.5) is 0 Å². The lowest BCUT2D eigenvalue weighted by molar-refractivity contribution is -0.151. The van der Waals surface area contributed by atoms with E-state index < -0.39 is 11.9 Å². The van der Waals surface area contributed by atoms with Gasteiger partial charge in [-0.05, 0) is 0 Å². The molecule has 0 amide bonds. The smallest absolute Gasteiger partial charge is 0.314 e. The summed E-state index contributed by atoms with van der Waals surface area (Å²) in [7, 11) is 0. The Morgan fingerprint density at radius 1 is 0.750 bits per heavy atom. The second kappa shape index (κ2) is 14.4. The van der Waals surface area contributed by atoms with E-state index in [2.05, 4.69) is 20.7 Å². The zero-order valence-electron chi connectivity index (χ0n) is 12.0. The molecule has 0 radical (unpaired) electrons. The van der Waals surface area contributed by atoms with Crippen molar-refractivity contribution in [3.8, 4) is 0 Å². The first-order chi connectivity index (χ1) is 9.70. The molecule has 118 valence electrons. The zero-order chi connectivity index (χ0) is 15.1. The van der Waals surface area contributed by atoms with Gasteiger partial charge in [0.2, 0.25) is 0 Å². The van der Waals surface area contributed by atoms with Gasteiger partial charge in [0, 0.05) is 52.4 Å². The van der Waals surface area contributed by atoms with E-state index in [1.54, 1.807) is 0 Å². The number of hydrogen-bond acceptors (Lipinski definition) is 8. The van der Waals surface area contributed by atoms with Crippen LogP contribution >= 0.6 is 0 Å². The SMILES string of the molecule is NCCNCCNCCNCCN.O=C1CCC(=O)O1. The molecule has 8 nitrogen and oxygen atoms in total. The minimum atomic E-state index is -0.398. The number of esters is 2. The van der Waals surface area contributed by atoms with Gasteiger partial charge < -0.3 is 32.2 Å². The minimum absolute atomic E-state index is 0.263. The average molecular weight is 289 g/mol. The topological polar surface area (TPSA) is 131 Å². The fourth-order valence-electron chi connectivity index (χ4n) is 1.37. The molecule has 0 atom stereocenters. The van der Waals surface area contributed by atoms with Crippen molar-refractivity contribution in [3.05, 3.63) is 0 Å². The van der Waals surface area contributed by atoms with Crippen LogP contribution in [0.25, 0.3) is 0 Å². The maximum atomic E-state index is 10.0. The monoisotopic (exact) mass is 289 g/mol. The third-order valence-electron chi connectivity index (χ3n) is 2.36. The lowest BCUT2D eigenvalue weighted by Crippen LogP contribution is -2.35. The van der Waals surface area contributed by atoms with Crippen LogP contribution < -0.4 is 27.4 Å². The molecule has 0 aromatic carbocycles. The van der Waals surface area contributed by atoms with Gasteiger partial charge in [0.1, 0.15) is 0 Å². The number of cyclic esters (lactones) is 2. The molecule has 0 aromatic heterocycles. The zero-order valence-corrected chi connectivity index (χ0v) is 12.0. The van der Waals surface area contributed by atoms with Crippen LogP contribution in [0.1, 0.15) is 12.8 Å². The lowest BCUT2D eigenvalue weighted by Gasteiger charge is -2.06. The first kappa shape index (κ1) is 18.9. The molecule has 1 fully saturated rings. The highest BCUT2D eigenvalue weighted by Gasteiger charge is 2.19. The molecule has 1 aliphatic rings. The highest BCUT2D eigenvalue weighted by Crippen LogP contribution is 2.03.